The molecule has 11 heteroatoms. The van der Waals surface area contributed by atoms with Crippen LogP contribution in [0.5, 0.6) is 0 Å². The fourth-order valence-corrected chi connectivity index (χ4v) is 2.99. The zero-order chi connectivity index (χ0) is 18.8. The molecule has 0 radical (unpaired) electrons. The molecule has 2 rings (SSSR count). The highest BCUT2D eigenvalue weighted by Crippen LogP contribution is 2.32. The van der Waals surface area contributed by atoms with Crippen molar-refractivity contribution in [2.45, 2.75) is 42.7 Å². The number of methoxy groups -OCH3 is 1. The van der Waals surface area contributed by atoms with E-state index in [0.29, 0.717) is 0 Å². The number of thiophene rings is 1. The fourth-order valence-electron chi connectivity index (χ4n) is 2.29. The van der Waals surface area contributed by atoms with Gasteiger partial charge in [0.2, 0.25) is 0 Å². The maximum Gasteiger partial charge on any atom is 0.379 e. The standard InChI is InChI=1S/C14H19F2NO7S/c1-22-12-10(20)9(19)8(18)7(24-12)4-23-13(21)14(15,16)11(17)6-2-3-25-5-6/h2-3,5,7-12,18-20H,4,17H2,1H3/t7-,8+,9+,10-,11+,12+/m1/s1. The molecule has 5 N–H and O–H groups in total. The van der Waals surface area contributed by atoms with Crippen LogP contribution in [0.3, 0.4) is 0 Å². The average molecular weight is 383 g/mol. The zero-order valence-corrected chi connectivity index (χ0v) is 13.9. The van der Waals surface area contributed by atoms with E-state index in [1.807, 2.05) is 0 Å². The normalized spacial score (nSPS) is 31.6. The predicted octanol–water partition coefficient (Wildman–Crippen LogP) is -0.620. The van der Waals surface area contributed by atoms with Crippen LogP contribution in [0, 0.1) is 0 Å². The Morgan fingerprint density at radius 2 is 2.08 bits per heavy atom. The summed E-state index contributed by atoms with van der Waals surface area (Å²) in [7, 11) is 1.18. The van der Waals surface area contributed by atoms with E-state index in [1.165, 1.54) is 18.6 Å². The van der Waals surface area contributed by atoms with E-state index in [0.717, 1.165) is 11.3 Å². The maximum absolute atomic E-state index is 14.1. The molecule has 6 atom stereocenters. The Hall–Kier alpha value is -1.21. The Bertz CT molecular complexity index is 572. The van der Waals surface area contributed by atoms with Gasteiger partial charge in [-0.15, -0.1) is 0 Å². The molecule has 8 nitrogen and oxygen atoms in total. The first-order valence-electron chi connectivity index (χ1n) is 7.25. The molecule has 2 heterocycles. The third kappa shape index (κ3) is 4.14. The van der Waals surface area contributed by atoms with Gasteiger partial charge in [0.25, 0.3) is 0 Å². The highest BCUT2D eigenvalue weighted by molar-refractivity contribution is 7.08. The van der Waals surface area contributed by atoms with Crippen molar-refractivity contribution in [2.24, 2.45) is 5.73 Å². The fraction of sp³-hybridized carbons (Fsp3) is 0.643. The van der Waals surface area contributed by atoms with E-state index in [-0.39, 0.29) is 5.56 Å². The van der Waals surface area contributed by atoms with E-state index >= 15 is 0 Å². The summed E-state index contributed by atoms with van der Waals surface area (Å²) >= 11 is 1.15. The number of nitrogens with two attached hydrogens (primary N) is 1. The van der Waals surface area contributed by atoms with Gasteiger partial charge in [-0.2, -0.15) is 20.1 Å². The number of aliphatic hydroxyl groups excluding tert-OH is 3. The molecular weight excluding hydrogens is 364 g/mol. The minimum atomic E-state index is -4.00. The van der Waals surface area contributed by atoms with Crippen LogP contribution < -0.4 is 5.73 Å². The molecule has 0 saturated carbocycles. The predicted molar refractivity (Wildman–Crippen MR) is 80.8 cm³/mol. The average Bonchev–Trinajstić information content (AvgIpc) is 3.12. The topological polar surface area (TPSA) is 131 Å². The minimum absolute atomic E-state index is 0.0823. The van der Waals surface area contributed by atoms with Crippen molar-refractivity contribution in [1.82, 2.24) is 0 Å². The van der Waals surface area contributed by atoms with E-state index in [4.69, 9.17) is 15.2 Å². The number of esters is 1. The van der Waals surface area contributed by atoms with Gasteiger partial charge in [-0.1, -0.05) is 0 Å². The molecule has 1 fully saturated rings. The van der Waals surface area contributed by atoms with Gasteiger partial charge in [-0.25, -0.2) is 4.79 Å². The summed E-state index contributed by atoms with van der Waals surface area (Å²) in [5.74, 6) is -5.89. The van der Waals surface area contributed by atoms with Gasteiger partial charge < -0.3 is 35.3 Å². The number of hydrogen-bond acceptors (Lipinski definition) is 9. The lowest BCUT2D eigenvalue weighted by Crippen LogP contribution is -2.59. The van der Waals surface area contributed by atoms with Crippen molar-refractivity contribution in [1.29, 1.82) is 0 Å². The molecule has 0 amide bonds. The summed E-state index contributed by atoms with van der Waals surface area (Å²) in [6.45, 7) is -0.782. The minimum Gasteiger partial charge on any atom is -0.458 e. The number of carbonyl (C=O) groups is 1. The molecule has 1 aromatic rings. The molecule has 1 aromatic heterocycles. The Labute approximate surface area is 145 Å². The molecule has 0 bridgehead atoms. The van der Waals surface area contributed by atoms with Gasteiger partial charge in [0.05, 0.1) is 0 Å². The van der Waals surface area contributed by atoms with Gasteiger partial charge in [0.1, 0.15) is 37.1 Å². The van der Waals surface area contributed by atoms with Crippen LogP contribution >= 0.6 is 11.3 Å². The van der Waals surface area contributed by atoms with Crippen LogP contribution in [0.15, 0.2) is 16.8 Å². The van der Waals surface area contributed by atoms with Gasteiger partial charge in [0.15, 0.2) is 6.29 Å². The summed E-state index contributed by atoms with van der Waals surface area (Å²) < 4.78 is 42.6. The molecule has 1 aliphatic heterocycles. The van der Waals surface area contributed by atoms with Crippen LogP contribution in [0.1, 0.15) is 11.6 Å². The summed E-state index contributed by atoms with van der Waals surface area (Å²) in [4.78, 5) is 11.7. The number of ether oxygens (including phenoxy) is 3. The highest BCUT2D eigenvalue weighted by Gasteiger charge is 2.49. The van der Waals surface area contributed by atoms with Crippen LogP contribution in [-0.2, 0) is 19.0 Å². The van der Waals surface area contributed by atoms with Crippen LogP contribution in [0.25, 0.3) is 0 Å². The number of halogens is 2. The summed E-state index contributed by atoms with van der Waals surface area (Å²) in [5.41, 5.74) is 5.50. The first-order chi connectivity index (χ1) is 11.7. The Kier molecular flexibility index (Phi) is 6.43. The smallest absolute Gasteiger partial charge is 0.379 e. The molecule has 0 aliphatic carbocycles. The van der Waals surface area contributed by atoms with Crippen molar-refractivity contribution >= 4 is 17.3 Å². The second-order valence-corrected chi connectivity index (χ2v) is 6.29. The van der Waals surface area contributed by atoms with Crippen LogP contribution in [-0.4, -0.2) is 71.6 Å². The van der Waals surface area contributed by atoms with E-state index in [2.05, 4.69) is 4.74 Å². The summed E-state index contributed by atoms with van der Waals surface area (Å²) in [6, 6.07) is -0.520. The molecule has 0 unspecified atom stereocenters. The zero-order valence-electron chi connectivity index (χ0n) is 13.1. The molecule has 1 saturated heterocycles. The third-order valence-corrected chi connectivity index (χ3v) is 4.55. The van der Waals surface area contributed by atoms with E-state index in [9.17, 15) is 28.9 Å². The lowest BCUT2D eigenvalue weighted by atomic mass is 9.99. The quantitative estimate of drug-likeness (QED) is 0.478. The number of alkyl halides is 2. The lowest BCUT2D eigenvalue weighted by Gasteiger charge is -2.39. The van der Waals surface area contributed by atoms with E-state index < -0.39 is 55.2 Å². The largest absolute Gasteiger partial charge is 0.458 e. The molecule has 0 spiro atoms. The van der Waals surface area contributed by atoms with Crippen molar-refractivity contribution < 1.29 is 43.1 Å². The van der Waals surface area contributed by atoms with Crippen LogP contribution in [0.2, 0.25) is 0 Å². The van der Waals surface area contributed by atoms with Gasteiger partial charge in [-0.05, 0) is 22.4 Å². The summed E-state index contributed by atoms with van der Waals surface area (Å²) in [6.07, 6.45) is -7.53. The lowest BCUT2D eigenvalue weighted by molar-refractivity contribution is -0.296. The van der Waals surface area contributed by atoms with Gasteiger partial charge in [-0.3, -0.25) is 0 Å². The second-order valence-electron chi connectivity index (χ2n) is 5.51. The van der Waals surface area contributed by atoms with Crippen molar-refractivity contribution in [3.63, 3.8) is 0 Å². The van der Waals surface area contributed by atoms with Crippen molar-refractivity contribution in [3.8, 4) is 0 Å². The van der Waals surface area contributed by atoms with Gasteiger partial charge in [0, 0.05) is 7.11 Å². The monoisotopic (exact) mass is 383 g/mol. The highest BCUT2D eigenvalue weighted by atomic mass is 32.1. The van der Waals surface area contributed by atoms with Crippen LogP contribution in [0.4, 0.5) is 8.78 Å². The first kappa shape index (κ1) is 20.1. The number of hydrogen-bond donors (Lipinski definition) is 4. The second kappa shape index (κ2) is 7.99. The van der Waals surface area contributed by atoms with Gasteiger partial charge >= 0.3 is 11.9 Å². The third-order valence-electron chi connectivity index (χ3n) is 3.84. The molecule has 0 aromatic carbocycles. The summed E-state index contributed by atoms with van der Waals surface area (Å²) in [5, 5.41) is 32.0. The Balaban J connectivity index is 1.98. The SMILES string of the molecule is CO[C@H]1O[C@H](COC(=O)C(F)(F)[C@@H](N)c2ccsc2)[C@H](O)[C@H](O)[C@H]1O. The van der Waals surface area contributed by atoms with Crippen molar-refractivity contribution in [3.05, 3.63) is 22.4 Å². The maximum atomic E-state index is 14.1. The van der Waals surface area contributed by atoms with E-state index in [1.54, 1.807) is 5.38 Å². The number of rotatable bonds is 6. The molecule has 25 heavy (non-hydrogen) atoms. The molecule has 1 aliphatic rings. The molecule has 142 valence electrons. The Morgan fingerprint density at radius 3 is 2.64 bits per heavy atom. The van der Waals surface area contributed by atoms with Crippen molar-refractivity contribution in [2.75, 3.05) is 13.7 Å². The first-order valence-corrected chi connectivity index (χ1v) is 8.19. The molecular formula is C14H19F2NO7S. The number of aliphatic hydroxyl groups is 3. The Morgan fingerprint density at radius 1 is 1.40 bits per heavy atom. The number of carbonyl (C=O) groups excluding carboxylic acids is 1.